The first-order chi connectivity index (χ1) is 11.3. The van der Waals surface area contributed by atoms with Crippen LogP contribution in [0.2, 0.25) is 5.02 Å². The standard InChI is InChI=1S/C19H17ClN2O2/c1-11-6-12(2)8-14(7-11)21-19(24)16-10-22(3)17-5-4-13(20)9-15(17)18(16)23/h4-10H,1-3H3,(H,21,24). The van der Waals surface area contributed by atoms with Gasteiger partial charge in [0.25, 0.3) is 5.91 Å². The Morgan fingerprint density at radius 3 is 2.42 bits per heavy atom. The van der Waals surface area contributed by atoms with E-state index in [0.29, 0.717) is 16.1 Å². The number of anilines is 1. The molecule has 3 rings (SSSR count). The van der Waals surface area contributed by atoms with Gasteiger partial charge in [-0.05, 0) is 55.3 Å². The van der Waals surface area contributed by atoms with Crippen LogP contribution in [0.4, 0.5) is 5.69 Å². The third-order valence-electron chi connectivity index (χ3n) is 3.87. The van der Waals surface area contributed by atoms with Gasteiger partial charge in [-0.3, -0.25) is 9.59 Å². The molecule has 0 fully saturated rings. The van der Waals surface area contributed by atoms with Crippen LogP contribution in [-0.4, -0.2) is 10.5 Å². The number of hydrogen-bond donors (Lipinski definition) is 1. The number of carbonyl (C=O) groups is 1. The number of halogens is 1. The van der Waals surface area contributed by atoms with Crippen molar-refractivity contribution in [2.45, 2.75) is 13.8 Å². The molecule has 2 aromatic carbocycles. The van der Waals surface area contributed by atoms with E-state index >= 15 is 0 Å². The molecule has 0 aliphatic heterocycles. The molecular weight excluding hydrogens is 324 g/mol. The summed E-state index contributed by atoms with van der Waals surface area (Å²) >= 11 is 5.99. The number of pyridine rings is 1. The Kier molecular flexibility index (Phi) is 4.16. The summed E-state index contributed by atoms with van der Waals surface area (Å²) in [6.45, 7) is 3.92. The second-order valence-corrected chi connectivity index (χ2v) is 6.41. The Morgan fingerprint density at radius 1 is 1.08 bits per heavy atom. The number of amides is 1. The van der Waals surface area contributed by atoms with E-state index in [0.717, 1.165) is 16.6 Å². The predicted molar refractivity (Wildman–Crippen MR) is 98.1 cm³/mol. The molecule has 0 aliphatic rings. The van der Waals surface area contributed by atoms with Gasteiger partial charge in [-0.1, -0.05) is 17.7 Å². The number of benzene rings is 2. The van der Waals surface area contributed by atoms with Crippen molar-refractivity contribution >= 4 is 34.1 Å². The minimum atomic E-state index is -0.428. The highest BCUT2D eigenvalue weighted by molar-refractivity contribution is 6.31. The van der Waals surface area contributed by atoms with Gasteiger partial charge in [0.05, 0.1) is 5.52 Å². The van der Waals surface area contributed by atoms with Gasteiger partial charge in [0.2, 0.25) is 5.43 Å². The fourth-order valence-electron chi connectivity index (χ4n) is 2.87. The Morgan fingerprint density at radius 2 is 1.75 bits per heavy atom. The number of fused-ring (bicyclic) bond motifs is 1. The molecule has 0 radical (unpaired) electrons. The summed E-state index contributed by atoms with van der Waals surface area (Å²) in [5, 5.41) is 3.70. The lowest BCUT2D eigenvalue weighted by Crippen LogP contribution is -2.23. The molecule has 0 atom stereocenters. The van der Waals surface area contributed by atoms with Gasteiger partial charge >= 0.3 is 0 Å². The van der Waals surface area contributed by atoms with Crippen LogP contribution in [0.15, 0.2) is 47.4 Å². The molecule has 0 spiro atoms. The molecule has 0 saturated carbocycles. The average molecular weight is 341 g/mol. The number of aryl methyl sites for hydroxylation is 3. The van der Waals surface area contributed by atoms with Crippen LogP contribution in [0.5, 0.6) is 0 Å². The van der Waals surface area contributed by atoms with Gasteiger partial charge in [0.1, 0.15) is 5.56 Å². The van der Waals surface area contributed by atoms with Crippen LogP contribution < -0.4 is 10.7 Å². The van der Waals surface area contributed by atoms with Crippen LogP contribution in [0.1, 0.15) is 21.5 Å². The molecule has 3 aromatic rings. The van der Waals surface area contributed by atoms with E-state index in [2.05, 4.69) is 5.32 Å². The van der Waals surface area contributed by atoms with Crippen LogP contribution in [-0.2, 0) is 7.05 Å². The Labute approximate surface area is 144 Å². The lowest BCUT2D eigenvalue weighted by Gasteiger charge is -2.11. The van der Waals surface area contributed by atoms with Gasteiger partial charge in [-0.15, -0.1) is 0 Å². The first-order valence-corrected chi connectivity index (χ1v) is 7.91. The fourth-order valence-corrected chi connectivity index (χ4v) is 3.04. The molecule has 5 heteroatoms. The molecule has 0 aliphatic carbocycles. The van der Waals surface area contributed by atoms with Crippen molar-refractivity contribution in [1.29, 1.82) is 0 Å². The largest absolute Gasteiger partial charge is 0.350 e. The molecule has 24 heavy (non-hydrogen) atoms. The van der Waals surface area contributed by atoms with Crippen LogP contribution in [0.3, 0.4) is 0 Å². The lowest BCUT2D eigenvalue weighted by molar-refractivity contribution is 0.102. The first kappa shape index (κ1) is 16.3. The number of nitrogens with one attached hydrogen (secondary N) is 1. The summed E-state index contributed by atoms with van der Waals surface area (Å²) in [6, 6.07) is 10.8. The van der Waals surface area contributed by atoms with Crippen molar-refractivity contribution in [2.24, 2.45) is 7.05 Å². The zero-order valence-electron chi connectivity index (χ0n) is 13.7. The van der Waals surface area contributed by atoms with E-state index in [1.165, 1.54) is 0 Å². The van der Waals surface area contributed by atoms with Crippen molar-refractivity contribution < 1.29 is 4.79 Å². The van der Waals surface area contributed by atoms with Crippen LogP contribution >= 0.6 is 11.6 Å². The summed E-state index contributed by atoms with van der Waals surface area (Å²) in [5.41, 5.74) is 3.25. The lowest BCUT2D eigenvalue weighted by atomic mass is 10.1. The van der Waals surface area contributed by atoms with Crippen molar-refractivity contribution in [1.82, 2.24) is 4.57 Å². The Hall–Kier alpha value is -2.59. The number of carbonyl (C=O) groups excluding carboxylic acids is 1. The summed E-state index contributed by atoms with van der Waals surface area (Å²) < 4.78 is 1.75. The quantitative estimate of drug-likeness (QED) is 0.764. The maximum absolute atomic E-state index is 12.7. The van der Waals surface area contributed by atoms with E-state index in [1.54, 1.807) is 36.0 Å². The molecule has 1 aromatic heterocycles. The van der Waals surface area contributed by atoms with Crippen molar-refractivity contribution in [3.63, 3.8) is 0 Å². The smallest absolute Gasteiger partial charge is 0.261 e. The monoisotopic (exact) mass is 340 g/mol. The highest BCUT2D eigenvalue weighted by Gasteiger charge is 2.15. The maximum atomic E-state index is 12.7. The zero-order chi connectivity index (χ0) is 17.4. The minimum absolute atomic E-state index is 0.0893. The van der Waals surface area contributed by atoms with E-state index in [1.807, 2.05) is 32.0 Å². The van der Waals surface area contributed by atoms with Gasteiger partial charge < -0.3 is 9.88 Å². The van der Waals surface area contributed by atoms with Crippen molar-refractivity contribution in [2.75, 3.05) is 5.32 Å². The molecule has 122 valence electrons. The normalized spacial score (nSPS) is 10.8. The highest BCUT2D eigenvalue weighted by Crippen LogP contribution is 2.18. The second kappa shape index (κ2) is 6.13. The molecule has 0 saturated heterocycles. The number of aromatic nitrogens is 1. The van der Waals surface area contributed by atoms with E-state index < -0.39 is 5.91 Å². The topological polar surface area (TPSA) is 51.1 Å². The second-order valence-electron chi connectivity index (χ2n) is 5.97. The number of nitrogens with zero attached hydrogens (tertiary/aromatic N) is 1. The molecule has 0 unspecified atom stereocenters. The van der Waals surface area contributed by atoms with E-state index in [9.17, 15) is 9.59 Å². The van der Waals surface area contributed by atoms with Gasteiger partial charge in [0, 0.05) is 29.3 Å². The van der Waals surface area contributed by atoms with Gasteiger partial charge in [0.15, 0.2) is 0 Å². The molecule has 1 N–H and O–H groups in total. The highest BCUT2D eigenvalue weighted by atomic mass is 35.5. The SMILES string of the molecule is Cc1cc(C)cc(NC(=O)c2cn(C)c3ccc(Cl)cc3c2=O)c1. The van der Waals surface area contributed by atoms with Crippen molar-refractivity contribution in [3.05, 3.63) is 74.5 Å². The third-order valence-corrected chi connectivity index (χ3v) is 4.11. The molecule has 4 nitrogen and oxygen atoms in total. The molecule has 1 heterocycles. The predicted octanol–water partition coefficient (Wildman–Crippen LogP) is 4.06. The van der Waals surface area contributed by atoms with Crippen LogP contribution in [0.25, 0.3) is 10.9 Å². The summed E-state index contributed by atoms with van der Waals surface area (Å²) in [4.78, 5) is 25.2. The van der Waals surface area contributed by atoms with Crippen LogP contribution in [0, 0.1) is 13.8 Å². The number of rotatable bonds is 2. The molecule has 0 bridgehead atoms. The summed E-state index contributed by atoms with van der Waals surface area (Å²) in [6.07, 6.45) is 1.55. The first-order valence-electron chi connectivity index (χ1n) is 7.54. The average Bonchev–Trinajstić information content (AvgIpc) is 2.49. The zero-order valence-corrected chi connectivity index (χ0v) is 14.4. The van der Waals surface area contributed by atoms with Gasteiger partial charge in [-0.2, -0.15) is 0 Å². The number of hydrogen-bond acceptors (Lipinski definition) is 2. The maximum Gasteiger partial charge on any atom is 0.261 e. The van der Waals surface area contributed by atoms with E-state index in [4.69, 9.17) is 11.6 Å². The Bertz CT molecular complexity index is 1000. The van der Waals surface area contributed by atoms with Gasteiger partial charge in [-0.25, -0.2) is 0 Å². The van der Waals surface area contributed by atoms with E-state index in [-0.39, 0.29) is 11.0 Å². The third kappa shape index (κ3) is 3.05. The molecular formula is C19H17ClN2O2. The summed E-state index contributed by atoms with van der Waals surface area (Å²) in [7, 11) is 1.79. The Balaban J connectivity index is 2.07. The fraction of sp³-hybridized carbons (Fsp3) is 0.158. The minimum Gasteiger partial charge on any atom is -0.350 e. The van der Waals surface area contributed by atoms with Crippen molar-refractivity contribution in [3.8, 4) is 0 Å². The summed E-state index contributed by atoms with van der Waals surface area (Å²) in [5.74, 6) is -0.428. The molecule has 1 amide bonds.